The van der Waals surface area contributed by atoms with E-state index in [0.717, 1.165) is 42.8 Å². The number of hydrogen-bond acceptors (Lipinski definition) is 4. The van der Waals surface area contributed by atoms with Crippen LogP contribution in [0.15, 0.2) is 67.1 Å². The number of nitrogens with one attached hydrogen (secondary N) is 1. The quantitative estimate of drug-likeness (QED) is 0.582. The summed E-state index contributed by atoms with van der Waals surface area (Å²) in [6.45, 7) is 7.80. The molecule has 2 aliphatic heterocycles. The van der Waals surface area contributed by atoms with Crippen LogP contribution in [0.1, 0.15) is 43.2 Å². The molecule has 0 spiro atoms. The Balaban J connectivity index is 1.50. The summed E-state index contributed by atoms with van der Waals surface area (Å²) in [5.41, 5.74) is 4.52. The normalized spacial score (nSPS) is 21.3. The highest BCUT2D eigenvalue weighted by Crippen LogP contribution is 2.42. The van der Waals surface area contributed by atoms with Crippen LogP contribution in [0.4, 0.5) is 11.4 Å². The molecular formula is C25H29N5OS. The highest BCUT2D eigenvalue weighted by atomic mass is 32.1. The van der Waals surface area contributed by atoms with Gasteiger partial charge in [0.1, 0.15) is 0 Å². The molecule has 166 valence electrons. The fourth-order valence-corrected chi connectivity index (χ4v) is 4.89. The predicted molar refractivity (Wildman–Crippen MR) is 132 cm³/mol. The number of ether oxygens (including phenoxy) is 1. The summed E-state index contributed by atoms with van der Waals surface area (Å²) in [6.07, 6.45) is 6.22. The van der Waals surface area contributed by atoms with Crippen LogP contribution in [0.25, 0.3) is 0 Å². The third-order valence-electron chi connectivity index (χ3n) is 6.28. The molecule has 6 nitrogen and oxygen atoms in total. The summed E-state index contributed by atoms with van der Waals surface area (Å²) in [7, 11) is 0. The second-order valence-electron chi connectivity index (χ2n) is 8.60. The van der Waals surface area contributed by atoms with Crippen molar-refractivity contribution in [1.82, 2.24) is 14.9 Å². The number of thiocarbonyl (C=S) groups is 1. The zero-order valence-electron chi connectivity index (χ0n) is 18.5. The molecule has 0 radical (unpaired) electrons. The SMILES string of the molecule is CC(C)n1ccc([C@H]2[C@H](c3ccccn3)NC(=S)N2c2ccc(N3CCOCC3)cc2)c1. The van der Waals surface area contributed by atoms with Gasteiger partial charge in [0.05, 0.1) is 31.0 Å². The molecule has 2 saturated heterocycles. The van der Waals surface area contributed by atoms with Crippen molar-refractivity contribution in [3.63, 3.8) is 0 Å². The van der Waals surface area contributed by atoms with Gasteiger partial charge in [-0.3, -0.25) is 4.98 Å². The molecule has 4 heterocycles. The lowest BCUT2D eigenvalue weighted by atomic mass is 9.98. The molecule has 2 aliphatic rings. The first-order chi connectivity index (χ1) is 15.6. The molecule has 0 bridgehead atoms. The van der Waals surface area contributed by atoms with E-state index < -0.39 is 0 Å². The highest BCUT2D eigenvalue weighted by Gasteiger charge is 2.41. The largest absolute Gasteiger partial charge is 0.378 e. The van der Waals surface area contributed by atoms with E-state index in [2.05, 4.69) is 87.3 Å². The van der Waals surface area contributed by atoms with Gasteiger partial charge in [0.25, 0.3) is 0 Å². The highest BCUT2D eigenvalue weighted by molar-refractivity contribution is 7.80. The number of hydrogen-bond donors (Lipinski definition) is 1. The molecule has 2 aromatic heterocycles. The average Bonchev–Trinajstić information content (AvgIpc) is 3.45. The fourth-order valence-electron chi connectivity index (χ4n) is 4.54. The van der Waals surface area contributed by atoms with Crippen LogP contribution in [-0.4, -0.2) is 41.0 Å². The minimum absolute atomic E-state index is 0.0200. The molecule has 0 amide bonds. The lowest BCUT2D eigenvalue weighted by molar-refractivity contribution is 0.122. The third-order valence-corrected chi connectivity index (χ3v) is 6.59. The van der Waals surface area contributed by atoms with E-state index in [1.54, 1.807) is 0 Å². The van der Waals surface area contributed by atoms with Crippen LogP contribution in [0.2, 0.25) is 0 Å². The van der Waals surface area contributed by atoms with Crippen molar-refractivity contribution in [2.24, 2.45) is 0 Å². The van der Waals surface area contributed by atoms with Gasteiger partial charge in [0.15, 0.2) is 5.11 Å². The summed E-state index contributed by atoms with van der Waals surface area (Å²) in [5, 5.41) is 4.27. The zero-order valence-corrected chi connectivity index (χ0v) is 19.3. The molecule has 0 unspecified atom stereocenters. The number of morpholine rings is 1. The Bertz CT molecular complexity index is 1060. The molecule has 1 N–H and O–H groups in total. The fraction of sp³-hybridized carbons (Fsp3) is 0.360. The third kappa shape index (κ3) is 3.98. The van der Waals surface area contributed by atoms with E-state index in [4.69, 9.17) is 17.0 Å². The summed E-state index contributed by atoms with van der Waals surface area (Å²) in [4.78, 5) is 9.24. The van der Waals surface area contributed by atoms with E-state index in [0.29, 0.717) is 6.04 Å². The summed E-state index contributed by atoms with van der Waals surface area (Å²) in [6, 6.07) is 17.4. The van der Waals surface area contributed by atoms with Gasteiger partial charge in [-0.15, -0.1) is 0 Å². The number of rotatable bonds is 5. The lowest BCUT2D eigenvalue weighted by Crippen LogP contribution is -2.36. The second kappa shape index (κ2) is 8.92. The molecule has 5 rings (SSSR count). The smallest absolute Gasteiger partial charge is 0.174 e. The number of aromatic nitrogens is 2. The van der Waals surface area contributed by atoms with Crippen molar-refractivity contribution in [3.05, 3.63) is 78.4 Å². The molecule has 7 heteroatoms. The van der Waals surface area contributed by atoms with Gasteiger partial charge >= 0.3 is 0 Å². The number of benzene rings is 1. The first-order valence-electron chi connectivity index (χ1n) is 11.2. The Morgan fingerprint density at radius 2 is 1.78 bits per heavy atom. The van der Waals surface area contributed by atoms with E-state index in [1.807, 2.05) is 18.3 Å². The Kier molecular flexibility index (Phi) is 5.85. The van der Waals surface area contributed by atoms with Gasteiger partial charge < -0.3 is 24.4 Å². The number of anilines is 2. The Hall–Kier alpha value is -2.90. The molecular weight excluding hydrogens is 418 g/mol. The molecule has 2 atom stereocenters. The predicted octanol–water partition coefficient (Wildman–Crippen LogP) is 4.48. The Morgan fingerprint density at radius 1 is 1.03 bits per heavy atom. The van der Waals surface area contributed by atoms with Gasteiger partial charge in [-0.1, -0.05) is 6.07 Å². The summed E-state index contributed by atoms with van der Waals surface area (Å²) in [5.74, 6) is 0. The van der Waals surface area contributed by atoms with Crippen molar-refractivity contribution in [1.29, 1.82) is 0 Å². The van der Waals surface area contributed by atoms with Crippen molar-refractivity contribution in [3.8, 4) is 0 Å². The number of pyridine rings is 1. The lowest BCUT2D eigenvalue weighted by Gasteiger charge is -2.30. The van der Waals surface area contributed by atoms with Crippen LogP contribution in [0.3, 0.4) is 0 Å². The standard InChI is InChI=1S/C25H29N5OS/c1-18(2)29-12-10-19(17-29)24-23(22-5-3-4-11-26-22)27-25(32)30(24)21-8-6-20(7-9-21)28-13-15-31-16-14-28/h3-12,17-18,23-24H,13-16H2,1-2H3,(H,27,32)/t23-,24-/m0/s1. The van der Waals surface area contributed by atoms with E-state index in [-0.39, 0.29) is 12.1 Å². The van der Waals surface area contributed by atoms with E-state index in [1.165, 1.54) is 11.3 Å². The first kappa shape index (κ1) is 21.0. The van der Waals surface area contributed by atoms with Crippen LogP contribution in [0, 0.1) is 0 Å². The molecule has 32 heavy (non-hydrogen) atoms. The van der Waals surface area contributed by atoms with Crippen molar-refractivity contribution in [2.45, 2.75) is 32.0 Å². The van der Waals surface area contributed by atoms with E-state index >= 15 is 0 Å². The monoisotopic (exact) mass is 447 g/mol. The molecule has 2 fully saturated rings. The van der Waals surface area contributed by atoms with Crippen LogP contribution in [-0.2, 0) is 4.74 Å². The maximum atomic E-state index is 5.85. The van der Waals surface area contributed by atoms with Gasteiger partial charge in [0.2, 0.25) is 0 Å². The van der Waals surface area contributed by atoms with Gasteiger partial charge in [-0.25, -0.2) is 0 Å². The van der Waals surface area contributed by atoms with Crippen molar-refractivity contribution in [2.75, 3.05) is 36.1 Å². The topological polar surface area (TPSA) is 45.6 Å². The van der Waals surface area contributed by atoms with Crippen LogP contribution < -0.4 is 15.1 Å². The van der Waals surface area contributed by atoms with Gasteiger partial charge in [-0.05, 0) is 74.1 Å². The first-order valence-corrected chi connectivity index (χ1v) is 11.6. The Morgan fingerprint density at radius 3 is 2.44 bits per heavy atom. The zero-order chi connectivity index (χ0) is 22.1. The van der Waals surface area contributed by atoms with Crippen LogP contribution >= 0.6 is 12.2 Å². The minimum atomic E-state index is -0.0226. The van der Waals surface area contributed by atoms with Crippen LogP contribution in [0.5, 0.6) is 0 Å². The summed E-state index contributed by atoms with van der Waals surface area (Å²) >= 11 is 5.85. The van der Waals surface area contributed by atoms with Gasteiger partial charge in [-0.2, -0.15) is 0 Å². The minimum Gasteiger partial charge on any atom is -0.378 e. The molecule has 0 saturated carbocycles. The number of nitrogens with zero attached hydrogens (tertiary/aromatic N) is 4. The van der Waals surface area contributed by atoms with Gasteiger partial charge in [0, 0.05) is 49.1 Å². The molecule has 3 aromatic rings. The molecule has 0 aliphatic carbocycles. The molecule has 1 aromatic carbocycles. The maximum Gasteiger partial charge on any atom is 0.174 e. The Labute approximate surface area is 194 Å². The maximum absolute atomic E-state index is 5.85. The second-order valence-corrected chi connectivity index (χ2v) is 8.98. The van der Waals surface area contributed by atoms with Crippen molar-refractivity contribution < 1.29 is 4.74 Å². The average molecular weight is 448 g/mol. The van der Waals surface area contributed by atoms with Crippen molar-refractivity contribution >= 4 is 28.7 Å². The summed E-state index contributed by atoms with van der Waals surface area (Å²) < 4.78 is 7.73. The van der Waals surface area contributed by atoms with E-state index in [9.17, 15) is 0 Å².